The second-order valence-electron chi connectivity index (χ2n) is 17.7. The van der Waals surface area contributed by atoms with Crippen LogP contribution in [-0.4, -0.2) is 159 Å². The van der Waals surface area contributed by atoms with Gasteiger partial charge in [-0.2, -0.15) is 5.10 Å². The number of benzene rings is 2. The molecule has 3 aliphatic rings. The summed E-state index contributed by atoms with van der Waals surface area (Å²) in [5, 5.41) is 11.8. The minimum Gasteiger partial charge on any atom is -0.465 e. The molecule has 67 heavy (non-hydrogen) atoms. The molecule has 3 aromatic rings. The van der Waals surface area contributed by atoms with E-state index in [-0.39, 0.29) is 25.2 Å². The lowest BCUT2D eigenvalue weighted by Gasteiger charge is -2.41. The minimum absolute atomic E-state index is 0.101. The predicted octanol–water partition coefficient (Wildman–Crippen LogP) is 5.51. The number of hydrogen-bond acceptors (Lipinski definition) is 13. The van der Waals surface area contributed by atoms with Crippen LogP contribution in [0.15, 0.2) is 48.2 Å². The maximum Gasteiger partial charge on any atom is 0.319 e. The van der Waals surface area contributed by atoms with Crippen LogP contribution in [-0.2, 0) is 46.6 Å². The maximum absolute atomic E-state index is 12.0. The van der Waals surface area contributed by atoms with Crippen LogP contribution in [0, 0.1) is 12.8 Å². The first-order valence-corrected chi connectivity index (χ1v) is 24.3. The predicted molar refractivity (Wildman–Crippen MR) is 267 cm³/mol. The molecule has 372 valence electrons. The SMILES string of the molecule is CCC.CN1CCC(N2CCN(C=O)CC2)CC1.CN[C@@H](C)Cc1cc(C)c2c(cnn2COC(=O)CCCCCOC(=O)CN)c1.CNc1ccccc1/C=C(\C=O)C1CCN(C=O)CC1. The van der Waals surface area contributed by atoms with Gasteiger partial charge in [0.2, 0.25) is 12.8 Å². The zero-order valence-electron chi connectivity index (χ0n) is 41.6. The molecule has 6 rings (SSSR count). The van der Waals surface area contributed by atoms with E-state index in [2.05, 4.69) is 65.5 Å². The van der Waals surface area contributed by atoms with Crippen molar-refractivity contribution in [2.45, 2.75) is 111 Å². The first-order chi connectivity index (χ1) is 32.4. The fourth-order valence-corrected chi connectivity index (χ4v) is 8.38. The average molecular weight is 932 g/mol. The van der Waals surface area contributed by atoms with Gasteiger partial charge in [-0.15, -0.1) is 0 Å². The second-order valence-corrected chi connectivity index (χ2v) is 17.7. The second kappa shape index (κ2) is 31.7. The Morgan fingerprint density at radius 2 is 1.52 bits per heavy atom. The van der Waals surface area contributed by atoms with E-state index in [4.69, 9.17) is 15.2 Å². The summed E-state index contributed by atoms with van der Waals surface area (Å²) in [4.78, 5) is 64.2. The van der Waals surface area contributed by atoms with Crippen molar-refractivity contribution in [1.29, 1.82) is 0 Å². The largest absolute Gasteiger partial charge is 0.465 e. The molecule has 0 radical (unpaired) electrons. The van der Waals surface area contributed by atoms with Crippen molar-refractivity contribution in [2.24, 2.45) is 11.7 Å². The molecule has 4 N–H and O–H groups in total. The first-order valence-electron chi connectivity index (χ1n) is 24.3. The van der Waals surface area contributed by atoms with Crippen LogP contribution in [0.5, 0.6) is 0 Å². The van der Waals surface area contributed by atoms with Crippen LogP contribution in [0.25, 0.3) is 17.0 Å². The Morgan fingerprint density at radius 3 is 2.13 bits per heavy atom. The van der Waals surface area contributed by atoms with Crippen molar-refractivity contribution in [3.63, 3.8) is 0 Å². The number of carbonyl (C=O) groups is 5. The van der Waals surface area contributed by atoms with Crippen LogP contribution in [0.4, 0.5) is 5.69 Å². The number of piperazine rings is 1. The van der Waals surface area contributed by atoms with E-state index in [1.54, 1.807) is 9.58 Å². The van der Waals surface area contributed by atoms with Gasteiger partial charge >= 0.3 is 11.9 Å². The lowest BCUT2D eigenvalue weighted by Crippen LogP contribution is -2.52. The molecule has 1 aromatic heterocycles. The number of likely N-dealkylation sites (tertiary alicyclic amines) is 2. The molecular weight excluding hydrogens is 851 g/mol. The molecule has 4 heterocycles. The third-order valence-electron chi connectivity index (χ3n) is 12.4. The number of carbonyl (C=O) groups excluding carboxylic acids is 5. The number of likely N-dealkylation sites (N-methyl/N-ethyl adjacent to an activating group) is 1. The van der Waals surface area contributed by atoms with Gasteiger partial charge in [-0.05, 0) is 139 Å². The van der Waals surface area contributed by atoms with Gasteiger partial charge in [-0.1, -0.05) is 44.5 Å². The average Bonchev–Trinajstić information content (AvgIpc) is 3.77. The zero-order chi connectivity index (χ0) is 49.0. The summed E-state index contributed by atoms with van der Waals surface area (Å²) in [6, 6.07) is 13.4. The fraction of sp³-hybridized carbons (Fsp3) is 0.608. The molecule has 0 unspecified atom stereocenters. The van der Waals surface area contributed by atoms with E-state index in [9.17, 15) is 24.0 Å². The summed E-state index contributed by atoms with van der Waals surface area (Å²) < 4.78 is 12.0. The van der Waals surface area contributed by atoms with Gasteiger partial charge in [0, 0.05) is 75.9 Å². The highest BCUT2D eigenvalue weighted by molar-refractivity contribution is 5.85. The van der Waals surface area contributed by atoms with Gasteiger partial charge in [0.15, 0.2) is 6.73 Å². The Bertz CT molecular complexity index is 1950. The van der Waals surface area contributed by atoms with Crippen molar-refractivity contribution in [3.05, 3.63) is 64.9 Å². The summed E-state index contributed by atoms with van der Waals surface area (Å²) in [5.41, 5.74) is 11.4. The highest BCUT2D eigenvalue weighted by Crippen LogP contribution is 2.27. The molecular formula is C51H81N9O7. The summed E-state index contributed by atoms with van der Waals surface area (Å²) >= 11 is 0. The van der Waals surface area contributed by atoms with E-state index in [1.165, 1.54) is 37.9 Å². The van der Waals surface area contributed by atoms with Gasteiger partial charge in [0.05, 0.1) is 24.9 Å². The van der Waals surface area contributed by atoms with E-state index >= 15 is 0 Å². The third-order valence-corrected chi connectivity index (χ3v) is 12.4. The molecule has 16 heteroatoms. The lowest BCUT2D eigenvalue weighted by atomic mass is 9.88. The number of rotatable bonds is 19. The van der Waals surface area contributed by atoms with Gasteiger partial charge < -0.3 is 40.5 Å². The molecule has 0 spiro atoms. The molecule has 0 saturated carbocycles. The van der Waals surface area contributed by atoms with Crippen molar-refractivity contribution in [1.82, 2.24) is 34.7 Å². The van der Waals surface area contributed by atoms with E-state index in [0.29, 0.717) is 31.9 Å². The molecule has 2 aromatic carbocycles. The van der Waals surface area contributed by atoms with Gasteiger partial charge in [0.25, 0.3) is 0 Å². The van der Waals surface area contributed by atoms with Gasteiger partial charge in [0.1, 0.15) is 6.29 Å². The van der Waals surface area contributed by atoms with Crippen LogP contribution >= 0.6 is 0 Å². The Kier molecular flexibility index (Phi) is 26.6. The number of piperidine rings is 2. The first kappa shape index (κ1) is 56.2. The van der Waals surface area contributed by atoms with E-state index in [1.807, 2.05) is 62.5 Å². The Hall–Kier alpha value is -5.16. The number of ether oxygens (including phenoxy) is 2. The molecule has 0 aliphatic carbocycles. The summed E-state index contributed by atoms with van der Waals surface area (Å²) in [6.07, 6.45) is 15.6. The van der Waals surface area contributed by atoms with Crippen molar-refractivity contribution >= 4 is 53.7 Å². The van der Waals surface area contributed by atoms with Crippen molar-refractivity contribution in [2.75, 3.05) is 92.0 Å². The topological polar surface area (TPSA) is 185 Å². The molecule has 2 amide bonds. The molecule has 1 atom stereocenters. The van der Waals surface area contributed by atoms with Gasteiger partial charge in [-0.3, -0.25) is 28.9 Å². The molecule has 0 bridgehead atoms. The number of anilines is 1. The number of nitrogens with two attached hydrogens (primary N) is 1. The maximum atomic E-state index is 12.0. The van der Waals surface area contributed by atoms with Crippen LogP contribution in [0.3, 0.4) is 0 Å². The van der Waals surface area contributed by atoms with E-state index < -0.39 is 5.97 Å². The van der Waals surface area contributed by atoms with Crippen molar-refractivity contribution in [3.8, 4) is 0 Å². The van der Waals surface area contributed by atoms with Crippen molar-refractivity contribution < 1.29 is 33.4 Å². The number of allylic oxidation sites excluding steroid dienone is 1. The minimum atomic E-state index is -0.408. The lowest BCUT2D eigenvalue weighted by molar-refractivity contribution is -0.148. The summed E-state index contributed by atoms with van der Waals surface area (Å²) in [7, 11) is 6.02. The number of aldehydes is 1. The van der Waals surface area contributed by atoms with Crippen LogP contribution < -0.4 is 16.4 Å². The summed E-state index contributed by atoms with van der Waals surface area (Å²) in [5.74, 6) is -0.423. The van der Waals surface area contributed by atoms with Crippen LogP contribution in [0.2, 0.25) is 0 Å². The molecule has 3 aliphatic heterocycles. The monoisotopic (exact) mass is 932 g/mol. The molecule has 3 fully saturated rings. The number of esters is 2. The number of amides is 2. The molecule has 3 saturated heterocycles. The number of unbranched alkanes of at least 4 members (excludes halogenated alkanes) is 2. The number of aryl methyl sites for hydroxylation is 1. The number of aromatic nitrogens is 2. The highest BCUT2D eigenvalue weighted by Gasteiger charge is 2.26. The highest BCUT2D eigenvalue weighted by atomic mass is 16.5. The number of nitrogens with zero attached hydrogens (tertiary/aromatic N) is 6. The van der Waals surface area contributed by atoms with Crippen LogP contribution in [0.1, 0.15) is 95.2 Å². The smallest absolute Gasteiger partial charge is 0.319 e. The number of hydrogen-bond donors (Lipinski definition) is 3. The number of fused-ring (bicyclic) bond motifs is 1. The van der Waals surface area contributed by atoms with E-state index in [0.717, 1.165) is 123 Å². The third kappa shape index (κ3) is 19.9. The summed E-state index contributed by atoms with van der Waals surface area (Å²) in [6.45, 7) is 16.6. The zero-order valence-corrected chi connectivity index (χ0v) is 41.6. The number of para-hydroxylation sites is 1. The quantitative estimate of drug-likeness (QED) is 0.0593. The molecule has 16 nitrogen and oxygen atoms in total. The van der Waals surface area contributed by atoms with Gasteiger partial charge in [-0.25, -0.2) is 4.68 Å². The Morgan fingerprint density at radius 1 is 0.866 bits per heavy atom. The Balaban J connectivity index is 0.000000272. The fourth-order valence-electron chi connectivity index (χ4n) is 8.38. The Labute approximate surface area is 399 Å². The standard InChI is InChI=1S/C21H32N4O4.C16H20N2O2.C11H21N3O.C3H8/c1-15-9-17(10-16(2)23-3)11-18-13-24-25(21(15)18)14-29-19(26)7-5-4-6-8-28-20(27)12-22;1-17-16-5-3-2-4-14(16)10-15(11-19)13-6-8-18(12-20)9-7-13;1-12-4-2-11(3-5-12)14-8-6-13(10-15)7-9-14;1-3-2/h9,11,13,16,23H,4-8,10,12,14,22H2,1-3H3;2-5,10-13,17H,6-9H2,1H3;10-11H,2-9H2,1H3;3H2,1-2H3/b;15-10+;;/t16-;;;/m0.../s1. The normalized spacial score (nSPS) is 16.6. The number of nitrogens with one attached hydrogen (secondary N) is 2.